The van der Waals surface area contributed by atoms with Gasteiger partial charge in [0.05, 0.1) is 18.1 Å². The van der Waals surface area contributed by atoms with Crippen LogP contribution in [0.5, 0.6) is 11.5 Å². The first-order chi connectivity index (χ1) is 10.1. The van der Waals surface area contributed by atoms with Gasteiger partial charge < -0.3 is 15.2 Å². The van der Waals surface area contributed by atoms with Gasteiger partial charge in [-0.1, -0.05) is 0 Å². The van der Waals surface area contributed by atoms with E-state index in [0.29, 0.717) is 30.3 Å². The van der Waals surface area contributed by atoms with Crippen molar-refractivity contribution in [2.45, 2.75) is 6.42 Å². The molecule has 0 aliphatic carbocycles. The van der Waals surface area contributed by atoms with E-state index in [9.17, 15) is 10.1 Å². The number of anilines is 1. The minimum Gasteiger partial charge on any atom is -0.490 e. The Morgan fingerprint density at radius 1 is 1.24 bits per heavy atom. The van der Waals surface area contributed by atoms with Crippen molar-refractivity contribution >= 4 is 11.6 Å². The topological polar surface area (TPSA) is 113 Å². The standard InChI is InChI=1S/C13H12N4O4/c14-13-15-7-9(17(18)19)12(16-13)8-2-3-10-11(6-8)21-5-1-4-20-10/h2-3,6-7H,1,4-5H2,(H2,14,15,16). The summed E-state index contributed by atoms with van der Waals surface area (Å²) in [6.45, 7) is 1.11. The van der Waals surface area contributed by atoms with Crippen LogP contribution >= 0.6 is 0 Å². The van der Waals surface area contributed by atoms with Crippen LogP contribution in [0.4, 0.5) is 11.6 Å². The highest BCUT2D eigenvalue weighted by molar-refractivity contribution is 5.72. The van der Waals surface area contributed by atoms with E-state index in [4.69, 9.17) is 15.2 Å². The number of ether oxygens (including phenoxy) is 2. The van der Waals surface area contributed by atoms with Gasteiger partial charge in [0, 0.05) is 12.0 Å². The first-order valence-corrected chi connectivity index (χ1v) is 6.32. The summed E-state index contributed by atoms with van der Waals surface area (Å²) in [7, 11) is 0. The van der Waals surface area contributed by atoms with Crippen LogP contribution in [0.25, 0.3) is 11.3 Å². The summed E-state index contributed by atoms with van der Waals surface area (Å²) in [6, 6.07) is 5.05. The average molecular weight is 288 g/mol. The molecule has 21 heavy (non-hydrogen) atoms. The van der Waals surface area contributed by atoms with Crippen LogP contribution in [0.15, 0.2) is 24.4 Å². The van der Waals surface area contributed by atoms with Crippen molar-refractivity contribution in [2.24, 2.45) is 0 Å². The zero-order chi connectivity index (χ0) is 14.8. The van der Waals surface area contributed by atoms with Gasteiger partial charge in [0.15, 0.2) is 17.2 Å². The summed E-state index contributed by atoms with van der Waals surface area (Å²) in [4.78, 5) is 18.2. The van der Waals surface area contributed by atoms with Crippen molar-refractivity contribution in [3.05, 3.63) is 34.5 Å². The molecule has 0 radical (unpaired) electrons. The summed E-state index contributed by atoms with van der Waals surface area (Å²) in [5.74, 6) is 1.13. The highest BCUT2D eigenvalue weighted by atomic mass is 16.6. The number of aromatic nitrogens is 2. The Kier molecular flexibility index (Phi) is 3.27. The summed E-state index contributed by atoms with van der Waals surface area (Å²) in [6.07, 6.45) is 1.88. The fourth-order valence-electron chi connectivity index (χ4n) is 2.05. The molecule has 2 N–H and O–H groups in total. The van der Waals surface area contributed by atoms with Gasteiger partial charge in [-0.2, -0.15) is 0 Å². The molecule has 3 rings (SSSR count). The molecule has 0 fully saturated rings. The molecule has 1 aliphatic rings. The number of nitro groups is 1. The monoisotopic (exact) mass is 288 g/mol. The smallest absolute Gasteiger partial charge is 0.313 e. The van der Waals surface area contributed by atoms with Gasteiger partial charge in [0.2, 0.25) is 5.95 Å². The molecule has 0 spiro atoms. The molecule has 0 atom stereocenters. The first kappa shape index (κ1) is 13.1. The number of fused-ring (bicyclic) bond motifs is 1. The van der Waals surface area contributed by atoms with Gasteiger partial charge in [-0.15, -0.1) is 0 Å². The lowest BCUT2D eigenvalue weighted by atomic mass is 10.1. The minimum absolute atomic E-state index is 0.0253. The zero-order valence-electron chi connectivity index (χ0n) is 11.0. The van der Waals surface area contributed by atoms with Gasteiger partial charge in [0.25, 0.3) is 0 Å². The summed E-state index contributed by atoms with van der Waals surface area (Å²) < 4.78 is 11.1. The Bertz CT molecular complexity index is 705. The van der Waals surface area contributed by atoms with E-state index in [1.54, 1.807) is 18.2 Å². The van der Waals surface area contributed by atoms with Crippen molar-refractivity contribution in [3.8, 4) is 22.8 Å². The Morgan fingerprint density at radius 3 is 2.76 bits per heavy atom. The van der Waals surface area contributed by atoms with E-state index in [1.807, 2.05) is 0 Å². The maximum absolute atomic E-state index is 11.1. The highest BCUT2D eigenvalue weighted by Gasteiger charge is 2.20. The molecule has 1 aromatic heterocycles. The third-order valence-electron chi connectivity index (χ3n) is 3.01. The van der Waals surface area contributed by atoms with Gasteiger partial charge in [-0.05, 0) is 18.2 Å². The second-order valence-corrected chi connectivity index (χ2v) is 4.43. The number of benzene rings is 1. The van der Waals surface area contributed by atoms with E-state index in [2.05, 4.69) is 9.97 Å². The molecule has 0 saturated carbocycles. The predicted octanol–water partition coefficient (Wildman–Crippen LogP) is 1.80. The zero-order valence-corrected chi connectivity index (χ0v) is 11.0. The average Bonchev–Trinajstić information content (AvgIpc) is 2.71. The van der Waals surface area contributed by atoms with Crippen LogP contribution in [-0.2, 0) is 0 Å². The second-order valence-electron chi connectivity index (χ2n) is 4.43. The Morgan fingerprint density at radius 2 is 2.00 bits per heavy atom. The quantitative estimate of drug-likeness (QED) is 0.661. The summed E-state index contributed by atoms with van der Waals surface area (Å²) in [5.41, 5.74) is 6.00. The number of rotatable bonds is 2. The van der Waals surface area contributed by atoms with Crippen LogP contribution in [0, 0.1) is 10.1 Å². The summed E-state index contributed by atoms with van der Waals surface area (Å²) in [5, 5.41) is 11.1. The molecule has 2 aromatic rings. The van der Waals surface area contributed by atoms with Crippen LogP contribution in [0.1, 0.15) is 6.42 Å². The number of nitrogens with zero attached hydrogens (tertiary/aromatic N) is 3. The van der Waals surface area contributed by atoms with E-state index >= 15 is 0 Å². The molecule has 0 amide bonds. The molecule has 0 bridgehead atoms. The number of hydrogen-bond donors (Lipinski definition) is 1. The Labute approximate surface area is 119 Å². The molecule has 8 nitrogen and oxygen atoms in total. The predicted molar refractivity (Wildman–Crippen MR) is 74.1 cm³/mol. The lowest BCUT2D eigenvalue weighted by molar-refractivity contribution is -0.384. The van der Waals surface area contributed by atoms with Crippen molar-refractivity contribution in [3.63, 3.8) is 0 Å². The third-order valence-corrected chi connectivity index (χ3v) is 3.01. The van der Waals surface area contributed by atoms with Gasteiger partial charge in [-0.25, -0.2) is 9.97 Å². The van der Waals surface area contributed by atoms with Gasteiger partial charge in [-0.3, -0.25) is 10.1 Å². The van der Waals surface area contributed by atoms with Crippen molar-refractivity contribution in [2.75, 3.05) is 18.9 Å². The van der Waals surface area contributed by atoms with Crippen LogP contribution in [-0.4, -0.2) is 28.1 Å². The van der Waals surface area contributed by atoms with Crippen LogP contribution in [0.2, 0.25) is 0 Å². The molecule has 0 saturated heterocycles. The van der Waals surface area contributed by atoms with Crippen molar-refractivity contribution in [1.82, 2.24) is 9.97 Å². The normalized spacial score (nSPS) is 13.5. The Balaban J connectivity index is 2.10. The molecule has 0 unspecified atom stereocenters. The van der Waals surface area contributed by atoms with Crippen LogP contribution in [0.3, 0.4) is 0 Å². The molecule has 1 aromatic carbocycles. The SMILES string of the molecule is Nc1ncc([N+](=O)[O-])c(-c2ccc3c(c2)OCCCO3)n1. The summed E-state index contributed by atoms with van der Waals surface area (Å²) >= 11 is 0. The van der Waals surface area contributed by atoms with Gasteiger partial charge >= 0.3 is 5.69 Å². The van der Waals surface area contributed by atoms with Crippen LogP contribution < -0.4 is 15.2 Å². The number of nitrogens with two attached hydrogens (primary N) is 1. The van der Waals surface area contributed by atoms with E-state index in [-0.39, 0.29) is 17.3 Å². The minimum atomic E-state index is -0.544. The van der Waals surface area contributed by atoms with E-state index < -0.39 is 4.92 Å². The van der Waals surface area contributed by atoms with Crippen molar-refractivity contribution < 1.29 is 14.4 Å². The first-order valence-electron chi connectivity index (χ1n) is 6.32. The van der Waals surface area contributed by atoms with E-state index in [0.717, 1.165) is 12.6 Å². The maximum Gasteiger partial charge on any atom is 0.313 e. The number of hydrogen-bond acceptors (Lipinski definition) is 7. The number of nitrogen functional groups attached to an aromatic ring is 1. The lowest BCUT2D eigenvalue weighted by Gasteiger charge is -2.09. The molecule has 2 heterocycles. The van der Waals surface area contributed by atoms with Gasteiger partial charge in [0.1, 0.15) is 6.20 Å². The third kappa shape index (κ3) is 2.55. The molecule has 108 valence electrons. The second kappa shape index (κ2) is 5.23. The maximum atomic E-state index is 11.1. The molecule has 1 aliphatic heterocycles. The van der Waals surface area contributed by atoms with E-state index in [1.165, 1.54) is 0 Å². The molecular weight excluding hydrogens is 276 g/mol. The largest absolute Gasteiger partial charge is 0.490 e. The highest BCUT2D eigenvalue weighted by Crippen LogP contribution is 2.36. The Hall–Kier alpha value is -2.90. The van der Waals surface area contributed by atoms with Crippen molar-refractivity contribution in [1.29, 1.82) is 0 Å². The molecular formula is C13H12N4O4. The fraction of sp³-hybridized carbons (Fsp3) is 0.231. The molecule has 8 heteroatoms. The lowest BCUT2D eigenvalue weighted by Crippen LogP contribution is -2.01. The fourth-order valence-corrected chi connectivity index (χ4v) is 2.05.